The zero-order valence-electron chi connectivity index (χ0n) is 19.7. The summed E-state index contributed by atoms with van der Waals surface area (Å²) in [5.41, 5.74) is 3.23. The quantitative estimate of drug-likeness (QED) is 0.526. The molecule has 7 nitrogen and oxygen atoms in total. The predicted molar refractivity (Wildman–Crippen MR) is 131 cm³/mol. The lowest BCUT2D eigenvalue weighted by molar-refractivity contribution is -0.120. The van der Waals surface area contributed by atoms with Crippen LogP contribution in [0, 0.1) is 19.7 Å². The highest BCUT2D eigenvalue weighted by Crippen LogP contribution is 2.34. The first-order chi connectivity index (χ1) is 16.6. The normalized spacial score (nSPS) is 13.7. The van der Waals surface area contributed by atoms with Gasteiger partial charge in [-0.1, -0.05) is 23.8 Å². The third kappa shape index (κ3) is 5.40. The van der Waals surface area contributed by atoms with Gasteiger partial charge in [0.2, 0.25) is 5.91 Å². The third-order valence-electron chi connectivity index (χ3n) is 5.77. The van der Waals surface area contributed by atoms with E-state index in [1.54, 1.807) is 0 Å². The van der Waals surface area contributed by atoms with Crippen LogP contribution in [0.4, 0.5) is 10.1 Å². The molecular formula is C26H27FN2O5S. The highest BCUT2D eigenvalue weighted by Gasteiger charge is 2.29. The summed E-state index contributed by atoms with van der Waals surface area (Å²) in [5, 5.41) is 2.88. The van der Waals surface area contributed by atoms with E-state index in [1.165, 1.54) is 30.3 Å². The third-order valence-corrected chi connectivity index (χ3v) is 7.54. The number of fused-ring (bicyclic) bond motifs is 1. The molecule has 1 atom stereocenters. The van der Waals surface area contributed by atoms with Gasteiger partial charge in [0, 0.05) is 6.07 Å². The largest absolute Gasteiger partial charge is 0.486 e. The number of hydrogen-bond acceptors (Lipinski definition) is 5. The molecule has 9 heteroatoms. The van der Waals surface area contributed by atoms with E-state index in [0.29, 0.717) is 24.7 Å². The fourth-order valence-corrected chi connectivity index (χ4v) is 5.48. The summed E-state index contributed by atoms with van der Waals surface area (Å²) < 4.78 is 52.8. The van der Waals surface area contributed by atoms with Crippen molar-refractivity contribution in [3.05, 3.63) is 83.2 Å². The van der Waals surface area contributed by atoms with Gasteiger partial charge in [-0.2, -0.15) is 0 Å². The molecule has 1 aliphatic heterocycles. The first-order valence-corrected chi connectivity index (χ1v) is 12.6. The monoisotopic (exact) mass is 498 g/mol. The SMILES string of the molecule is Cc1ccc(C(C)NC(=O)CN(c2ccc(F)cc2)S(=O)(=O)c2ccc3c(c2)OCCO3)c(C)c1. The Hall–Kier alpha value is -3.59. The van der Waals surface area contributed by atoms with Gasteiger partial charge >= 0.3 is 0 Å². The summed E-state index contributed by atoms with van der Waals surface area (Å²) in [6.45, 7) is 5.98. The summed E-state index contributed by atoms with van der Waals surface area (Å²) in [6.07, 6.45) is 0. The van der Waals surface area contributed by atoms with Gasteiger partial charge in [0.1, 0.15) is 25.6 Å². The minimum absolute atomic E-state index is 0.0682. The lowest BCUT2D eigenvalue weighted by atomic mass is 10.0. The number of amides is 1. The van der Waals surface area contributed by atoms with Gasteiger partial charge in [-0.3, -0.25) is 9.10 Å². The van der Waals surface area contributed by atoms with Gasteiger partial charge in [-0.15, -0.1) is 0 Å². The number of sulfonamides is 1. The molecule has 0 fully saturated rings. The Morgan fingerprint density at radius 1 is 1.00 bits per heavy atom. The van der Waals surface area contributed by atoms with E-state index in [0.717, 1.165) is 33.1 Å². The molecule has 0 aliphatic carbocycles. The lowest BCUT2D eigenvalue weighted by Gasteiger charge is -2.26. The average molecular weight is 499 g/mol. The molecule has 35 heavy (non-hydrogen) atoms. The minimum Gasteiger partial charge on any atom is -0.486 e. The highest BCUT2D eigenvalue weighted by atomic mass is 32.2. The van der Waals surface area contributed by atoms with Crippen molar-refractivity contribution in [1.29, 1.82) is 0 Å². The minimum atomic E-state index is -4.20. The Labute approximate surface area is 204 Å². The lowest BCUT2D eigenvalue weighted by Crippen LogP contribution is -2.41. The molecule has 0 saturated heterocycles. The summed E-state index contributed by atoms with van der Waals surface area (Å²) in [5.74, 6) is -0.255. The van der Waals surface area contributed by atoms with Gasteiger partial charge in [0.15, 0.2) is 11.5 Å². The van der Waals surface area contributed by atoms with Crippen molar-refractivity contribution in [1.82, 2.24) is 5.32 Å². The number of halogens is 1. The zero-order valence-corrected chi connectivity index (χ0v) is 20.6. The maximum absolute atomic E-state index is 13.6. The van der Waals surface area contributed by atoms with Crippen LogP contribution in [0.15, 0.2) is 65.6 Å². The number of hydrogen-bond donors (Lipinski definition) is 1. The maximum atomic E-state index is 13.6. The summed E-state index contributed by atoms with van der Waals surface area (Å²) >= 11 is 0. The van der Waals surface area contributed by atoms with Crippen molar-refractivity contribution in [3.63, 3.8) is 0 Å². The van der Waals surface area contributed by atoms with Crippen molar-refractivity contribution in [2.24, 2.45) is 0 Å². The van der Waals surface area contributed by atoms with Gasteiger partial charge in [0.25, 0.3) is 10.0 Å². The number of benzene rings is 3. The van der Waals surface area contributed by atoms with Crippen molar-refractivity contribution in [2.75, 3.05) is 24.1 Å². The second-order valence-electron chi connectivity index (χ2n) is 8.44. The van der Waals surface area contributed by atoms with Crippen LogP contribution in [-0.4, -0.2) is 34.1 Å². The second-order valence-corrected chi connectivity index (χ2v) is 10.3. The molecular weight excluding hydrogens is 471 g/mol. The van der Waals surface area contributed by atoms with E-state index in [-0.39, 0.29) is 16.6 Å². The Bertz CT molecular complexity index is 1340. The van der Waals surface area contributed by atoms with Crippen LogP contribution in [0.3, 0.4) is 0 Å². The number of anilines is 1. The Balaban J connectivity index is 1.63. The van der Waals surface area contributed by atoms with Gasteiger partial charge in [0.05, 0.1) is 16.6 Å². The molecule has 1 heterocycles. The smallest absolute Gasteiger partial charge is 0.264 e. The van der Waals surface area contributed by atoms with Crippen LogP contribution < -0.4 is 19.1 Å². The van der Waals surface area contributed by atoms with Crippen LogP contribution in [0.1, 0.15) is 29.7 Å². The molecule has 1 amide bonds. The van der Waals surface area contributed by atoms with Crippen molar-refractivity contribution >= 4 is 21.6 Å². The van der Waals surface area contributed by atoms with E-state index in [1.807, 2.05) is 39.0 Å². The summed E-state index contributed by atoms with van der Waals surface area (Å²) in [6, 6.07) is 14.8. The topological polar surface area (TPSA) is 84.9 Å². The van der Waals surface area contributed by atoms with Crippen molar-refractivity contribution in [2.45, 2.75) is 31.7 Å². The van der Waals surface area contributed by atoms with Crippen LogP contribution >= 0.6 is 0 Å². The molecule has 0 spiro atoms. The van der Waals surface area contributed by atoms with Crippen molar-refractivity contribution in [3.8, 4) is 11.5 Å². The number of nitrogens with zero attached hydrogens (tertiary/aromatic N) is 1. The number of carbonyl (C=O) groups excluding carboxylic acids is 1. The first-order valence-electron chi connectivity index (χ1n) is 11.2. The van der Waals surface area contributed by atoms with E-state index < -0.39 is 28.3 Å². The number of rotatable bonds is 7. The molecule has 1 aliphatic rings. The molecule has 0 saturated carbocycles. The summed E-state index contributed by atoms with van der Waals surface area (Å²) in [4.78, 5) is 13.0. The first kappa shape index (κ1) is 24.5. The molecule has 0 aromatic heterocycles. The molecule has 1 N–H and O–H groups in total. The van der Waals surface area contributed by atoms with Crippen molar-refractivity contribution < 1.29 is 27.1 Å². The molecule has 184 valence electrons. The molecule has 1 unspecified atom stereocenters. The molecule has 4 rings (SSSR count). The fourth-order valence-electron chi connectivity index (χ4n) is 4.04. The molecule has 3 aromatic rings. The highest BCUT2D eigenvalue weighted by molar-refractivity contribution is 7.92. The van der Waals surface area contributed by atoms with E-state index >= 15 is 0 Å². The predicted octanol–water partition coefficient (Wildman–Crippen LogP) is 4.29. The Morgan fingerprint density at radius 3 is 2.37 bits per heavy atom. The Morgan fingerprint density at radius 2 is 1.69 bits per heavy atom. The standard InChI is InChI=1S/C26H27FN2O5S/c1-17-4-10-23(18(2)14-17)19(3)28-26(30)16-29(21-7-5-20(27)6-8-21)35(31,32)22-9-11-24-25(15-22)34-13-12-33-24/h4-11,14-15,19H,12-13,16H2,1-3H3,(H,28,30). The maximum Gasteiger partial charge on any atom is 0.264 e. The van der Waals surface area contributed by atoms with Gasteiger partial charge in [-0.05, 0) is 68.3 Å². The summed E-state index contributed by atoms with van der Waals surface area (Å²) in [7, 11) is -4.20. The van der Waals surface area contributed by atoms with Crippen LogP contribution in [0.2, 0.25) is 0 Å². The zero-order chi connectivity index (χ0) is 25.2. The Kier molecular flexibility index (Phi) is 6.98. The van der Waals surface area contributed by atoms with E-state index in [4.69, 9.17) is 9.47 Å². The number of nitrogens with one attached hydrogen (secondary N) is 1. The fraction of sp³-hybridized carbons (Fsp3) is 0.269. The van der Waals surface area contributed by atoms with E-state index in [9.17, 15) is 17.6 Å². The van der Waals surface area contributed by atoms with Crippen LogP contribution in [0.25, 0.3) is 0 Å². The molecule has 0 radical (unpaired) electrons. The molecule has 3 aromatic carbocycles. The number of aryl methyl sites for hydroxylation is 2. The van der Waals surface area contributed by atoms with Crippen LogP contribution in [0.5, 0.6) is 11.5 Å². The van der Waals surface area contributed by atoms with Crippen LogP contribution in [-0.2, 0) is 14.8 Å². The van der Waals surface area contributed by atoms with Gasteiger partial charge < -0.3 is 14.8 Å². The average Bonchev–Trinajstić information content (AvgIpc) is 2.82. The number of carbonyl (C=O) groups is 1. The molecule has 0 bridgehead atoms. The second kappa shape index (κ2) is 9.95. The number of ether oxygens (including phenoxy) is 2. The van der Waals surface area contributed by atoms with E-state index in [2.05, 4.69) is 5.32 Å². The van der Waals surface area contributed by atoms with Gasteiger partial charge in [-0.25, -0.2) is 12.8 Å².